The van der Waals surface area contributed by atoms with Crippen LogP contribution in [-0.4, -0.2) is 107 Å². The van der Waals surface area contributed by atoms with Crippen LogP contribution in [0.2, 0.25) is 0 Å². The van der Waals surface area contributed by atoms with E-state index in [1.807, 2.05) is 0 Å². The van der Waals surface area contributed by atoms with Crippen LogP contribution in [0, 0.1) is 0 Å². The van der Waals surface area contributed by atoms with Crippen molar-refractivity contribution in [1.82, 2.24) is 0 Å². The molecule has 59 heavy (non-hydrogen) atoms. The molecule has 0 unspecified atom stereocenters. The predicted molar refractivity (Wildman–Crippen MR) is 194 cm³/mol. The molecular weight excluding hydrogens is 788 g/mol. The van der Waals surface area contributed by atoms with Crippen LogP contribution in [0.5, 0.6) is 23.0 Å². The second-order valence-corrected chi connectivity index (χ2v) is 13.6. The highest BCUT2D eigenvalue weighted by Gasteiger charge is 2.53. The maximum atomic E-state index is 14.4. The Balaban J connectivity index is 1.62. The van der Waals surface area contributed by atoms with Gasteiger partial charge in [0.05, 0.1) is 12.2 Å². The molecule has 5 rings (SSSR count). The Hall–Kier alpha value is -6.41. The number of hydrogen-bond donors (Lipinski definition) is 2. The van der Waals surface area contributed by atoms with Gasteiger partial charge in [-0.15, -0.1) is 0 Å². The number of benzene rings is 2. The molecule has 0 radical (unpaired) electrons. The highest BCUT2D eigenvalue weighted by Crippen LogP contribution is 2.40. The number of phenolic OH excluding ortho intramolecular Hbond substituents is 2. The first kappa shape index (κ1) is 43.7. The van der Waals surface area contributed by atoms with Crippen molar-refractivity contribution in [1.29, 1.82) is 0 Å². The molecule has 0 spiro atoms. The fourth-order valence-electron chi connectivity index (χ4n) is 6.62. The van der Waals surface area contributed by atoms with Crippen LogP contribution >= 0.6 is 0 Å². The Morgan fingerprint density at radius 2 is 0.966 bits per heavy atom. The lowest BCUT2D eigenvalue weighted by molar-refractivity contribution is -0.280. The molecular formula is C39H42O20. The maximum Gasteiger partial charge on any atom is 0.303 e. The van der Waals surface area contributed by atoms with Gasteiger partial charge in [0, 0.05) is 59.2 Å². The first-order chi connectivity index (χ1) is 27.7. The summed E-state index contributed by atoms with van der Waals surface area (Å²) in [6.07, 6.45) is -13.9. The molecule has 20 heteroatoms. The molecule has 2 N–H and O–H groups in total. The summed E-state index contributed by atoms with van der Waals surface area (Å²) in [5.41, 5.74) is -1.16. The smallest absolute Gasteiger partial charge is 0.303 e. The third kappa shape index (κ3) is 10.2. The normalized spacial score (nSPS) is 26.4. The van der Waals surface area contributed by atoms with Crippen molar-refractivity contribution >= 4 is 46.8 Å². The van der Waals surface area contributed by atoms with Gasteiger partial charge in [-0.2, -0.15) is 0 Å². The minimum absolute atomic E-state index is 0.143. The largest absolute Gasteiger partial charge is 0.508 e. The number of hydrogen-bond acceptors (Lipinski definition) is 20. The zero-order valence-corrected chi connectivity index (χ0v) is 33.0. The van der Waals surface area contributed by atoms with E-state index in [-0.39, 0.29) is 28.4 Å². The average molecular weight is 831 g/mol. The van der Waals surface area contributed by atoms with Crippen LogP contribution in [0.1, 0.15) is 55.4 Å². The van der Waals surface area contributed by atoms with Crippen molar-refractivity contribution in [3.8, 4) is 34.3 Å². The number of fused-ring (bicyclic) bond motifs is 1. The third-order valence-electron chi connectivity index (χ3n) is 8.79. The van der Waals surface area contributed by atoms with Crippen LogP contribution in [0.15, 0.2) is 45.6 Å². The number of rotatable bonds is 11. The van der Waals surface area contributed by atoms with Crippen molar-refractivity contribution in [2.24, 2.45) is 0 Å². The van der Waals surface area contributed by atoms with Crippen molar-refractivity contribution in [2.45, 2.75) is 117 Å². The zero-order valence-electron chi connectivity index (χ0n) is 33.0. The number of carbonyl (C=O) groups excluding carboxylic acids is 6. The monoisotopic (exact) mass is 830 g/mol. The van der Waals surface area contributed by atoms with E-state index in [2.05, 4.69) is 0 Å². The molecule has 2 fully saturated rings. The molecule has 2 saturated heterocycles. The van der Waals surface area contributed by atoms with E-state index in [9.17, 15) is 43.8 Å². The summed E-state index contributed by atoms with van der Waals surface area (Å²) in [6, 6.07) is 7.48. The van der Waals surface area contributed by atoms with Crippen molar-refractivity contribution in [3.63, 3.8) is 0 Å². The van der Waals surface area contributed by atoms with Crippen LogP contribution < -0.4 is 14.9 Å². The maximum absolute atomic E-state index is 14.4. The number of carbonyl (C=O) groups is 6. The van der Waals surface area contributed by atoms with E-state index in [1.54, 1.807) is 0 Å². The highest BCUT2D eigenvalue weighted by molar-refractivity contribution is 5.88. The quantitative estimate of drug-likeness (QED) is 0.208. The molecule has 0 saturated carbocycles. The Kier molecular flexibility index (Phi) is 13.4. The van der Waals surface area contributed by atoms with Crippen LogP contribution in [0.25, 0.3) is 22.3 Å². The Labute approximate surface area is 335 Å². The van der Waals surface area contributed by atoms with Crippen molar-refractivity contribution in [3.05, 3.63) is 46.6 Å². The summed E-state index contributed by atoms with van der Waals surface area (Å²) in [4.78, 5) is 87.3. The number of ether oxygens (including phenoxy) is 10. The number of esters is 6. The Bertz CT molecular complexity index is 2160. The molecule has 0 amide bonds. The number of phenols is 2. The van der Waals surface area contributed by atoms with Crippen molar-refractivity contribution in [2.75, 3.05) is 0 Å². The van der Waals surface area contributed by atoms with Gasteiger partial charge in [-0.25, -0.2) is 0 Å². The molecule has 2 aromatic carbocycles. The first-order valence-electron chi connectivity index (χ1n) is 18.0. The summed E-state index contributed by atoms with van der Waals surface area (Å²) in [5, 5.41) is 20.9. The second kappa shape index (κ2) is 18.0. The van der Waals surface area contributed by atoms with E-state index in [4.69, 9.17) is 51.8 Å². The minimum Gasteiger partial charge on any atom is -0.508 e. The van der Waals surface area contributed by atoms with E-state index >= 15 is 0 Å². The Morgan fingerprint density at radius 3 is 1.41 bits per heavy atom. The molecule has 2 aliphatic rings. The highest BCUT2D eigenvalue weighted by atomic mass is 16.7. The van der Waals surface area contributed by atoms with Crippen molar-refractivity contribution < 1.29 is 90.8 Å². The second-order valence-electron chi connectivity index (χ2n) is 13.6. The van der Waals surface area contributed by atoms with Gasteiger partial charge < -0.3 is 62.0 Å². The first-order valence-corrected chi connectivity index (χ1v) is 18.0. The molecule has 3 heterocycles. The van der Waals surface area contributed by atoms with Crippen LogP contribution in [-0.2, 0) is 66.7 Å². The molecule has 0 bridgehead atoms. The minimum atomic E-state index is -1.73. The molecule has 318 valence electrons. The zero-order chi connectivity index (χ0) is 43.5. The molecule has 1 aromatic heterocycles. The lowest BCUT2D eigenvalue weighted by Crippen LogP contribution is -2.62. The third-order valence-corrected chi connectivity index (χ3v) is 8.79. The van der Waals surface area contributed by atoms with Gasteiger partial charge in [-0.3, -0.25) is 33.6 Å². The average Bonchev–Trinajstić information content (AvgIpc) is 3.11. The molecule has 3 aromatic rings. The van der Waals surface area contributed by atoms with Gasteiger partial charge in [-0.1, -0.05) is 0 Å². The van der Waals surface area contributed by atoms with Gasteiger partial charge >= 0.3 is 35.8 Å². The summed E-state index contributed by atoms with van der Waals surface area (Å²) >= 11 is 0. The van der Waals surface area contributed by atoms with Gasteiger partial charge in [-0.05, 0) is 38.1 Å². The van der Waals surface area contributed by atoms with Gasteiger partial charge in [0.1, 0.15) is 28.2 Å². The van der Waals surface area contributed by atoms with Gasteiger partial charge in [0.25, 0.3) is 0 Å². The van der Waals surface area contributed by atoms with Crippen LogP contribution in [0.4, 0.5) is 0 Å². The van der Waals surface area contributed by atoms with E-state index in [0.29, 0.717) is 0 Å². The molecule has 2 aliphatic heterocycles. The molecule has 20 nitrogen and oxygen atoms in total. The number of aromatic hydroxyl groups is 2. The summed E-state index contributed by atoms with van der Waals surface area (Å²) in [7, 11) is 0. The summed E-state index contributed by atoms with van der Waals surface area (Å²) in [6.45, 7) is 9.46. The fraction of sp³-hybridized carbons (Fsp3) is 0.462. The predicted octanol–water partition coefficient (Wildman–Crippen LogP) is 2.71. The Morgan fingerprint density at radius 1 is 0.559 bits per heavy atom. The topological polar surface area (TPSA) is 265 Å². The summed E-state index contributed by atoms with van der Waals surface area (Å²) < 4.78 is 62.7. The molecule has 0 aliphatic carbocycles. The standard InChI is InChI=1S/C39H42O20/c1-15-30(51-17(3)40)34(53-19(5)42)36(55-21(7)44)38(49-15)57-25-13-26(47)28-27(14-25)58-32(23-9-11-24(46)12-10-23)33(29(28)48)59-39-37(56-22(8)45)35(54-20(6)43)31(16(2)50-39)52-18(4)41/h9-16,30-31,34-39,46-47H,1-8H3/t15-,16-,30-,31-,34+,35+,36+,37+,38-,39-/m0/s1. The van der Waals surface area contributed by atoms with Gasteiger partial charge in [0.15, 0.2) is 30.2 Å². The van der Waals surface area contributed by atoms with E-state index < -0.39 is 120 Å². The molecule has 10 atom stereocenters. The summed E-state index contributed by atoms with van der Waals surface area (Å²) in [5.74, 6) is -6.88. The van der Waals surface area contributed by atoms with E-state index in [0.717, 1.165) is 47.6 Å². The van der Waals surface area contributed by atoms with Crippen LogP contribution in [0.3, 0.4) is 0 Å². The fourth-order valence-corrected chi connectivity index (χ4v) is 6.62. The SMILES string of the molecule is CC(=O)O[C@@H]1[C@@H](OC(C)=O)[C@H](C)O[C@@H](Oc2cc(O)c3c(=O)c(O[C@@H]4O[C@@H](C)[C@H](OC(C)=O)[C@@H](OC(C)=O)[C@H]4OC(C)=O)c(-c4ccc(O)cc4)oc3c2)[C@@H]1OC(C)=O. The lowest BCUT2D eigenvalue weighted by atomic mass is 9.98. The van der Waals surface area contributed by atoms with E-state index in [1.165, 1.54) is 44.2 Å². The van der Waals surface area contributed by atoms with Gasteiger partial charge in [0.2, 0.25) is 36.0 Å². The lowest BCUT2D eigenvalue weighted by Gasteiger charge is -2.43.